The second-order valence-corrected chi connectivity index (χ2v) is 7.51. The lowest BCUT2D eigenvalue weighted by atomic mass is 9.98. The van der Waals surface area contributed by atoms with Crippen molar-refractivity contribution in [3.05, 3.63) is 23.9 Å². The zero-order chi connectivity index (χ0) is 19.9. The van der Waals surface area contributed by atoms with Gasteiger partial charge in [0, 0.05) is 52.0 Å². The van der Waals surface area contributed by atoms with Crippen molar-refractivity contribution >= 4 is 17.8 Å². The summed E-state index contributed by atoms with van der Waals surface area (Å²) in [6.07, 6.45) is 3.40. The number of aromatic nitrogens is 1. The predicted octanol–water partition coefficient (Wildman–Crippen LogP) is 1.32. The number of likely N-dealkylation sites (N-methyl/N-ethyl adjacent to an activating group) is 1. The summed E-state index contributed by atoms with van der Waals surface area (Å²) >= 11 is 0. The van der Waals surface area contributed by atoms with E-state index in [-0.39, 0.29) is 17.9 Å². The van der Waals surface area contributed by atoms with Gasteiger partial charge in [0.05, 0.1) is 12.5 Å². The Kier molecular flexibility index (Phi) is 7.08. The smallest absolute Gasteiger partial charge is 0.317 e. The lowest BCUT2D eigenvalue weighted by molar-refractivity contribution is -0.149. The minimum atomic E-state index is -0.218. The Balaban J connectivity index is 1.51. The Bertz CT molecular complexity index is 676. The number of piperidine rings is 1. The Morgan fingerprint density at radius 3 is 2.79 bits per heavy atom. The highest BCUT2D eigenvalue weighted by molar-refractivity contribution is 5.77. The van der Waals surface area contributed by atoms with Crippen molar-refractivity contribution in [2.24, 2.45) is 5.92 Å². The zero-order valence-corrected chi connectivity index (χ0v) is 16.9. The summed E-state index contributed by atoms with van der Waals surface area (Å²) in [6, 6.07) is 3.84. The molecule has 2 fully saturated rings. The van der Waals surface area contributed by atoms with Gasteiger partial charge in [0.1, 0.15) is 5.82 Å². The molecule has 1 unspecified atom stereocenters. The first kappa shape index (κ1) is 20.4. The van der Waals surface area contributed by atoms with Gasteiger partial charge in [0.2, 0.25) is 0 Å². The molecule has 0 aromatic carbocycles. The molecule has 28 heavy (non-hydrogen) atoms. The van der Waals surface area contributed by atoms with Gasteiger partial charge in [-0.1, -0.05) is 0 Å². The van der Waals surface area contributed by atoms with Crippen molar-refractivity contribution in [2.75, 3.05) is 57.8 Å². The minimum Gasteiger partial charge on any atom is -0.466 e. The Morgan fingerprint density at radius 1 is 1.25 bits per heavy atom. The summed E-state index contributed by atoms with van der Waals surface area (Å²) in [5, 5.41) is 2.98. The molecule has 0 bridgehead atoms. The van der Waals surface area contributed by atoms with Crippen molar-refractivity contribution in [3.63, 3.8) is 0 Å². The van der Waals surface area contributed by atoms with Crippen LogP contribution in [0.5, 0.6) is 0 Å². The molecule has 0 radical (unpaired) electrons. The minimum absolute atomic E-state index is 0.132. The third kappa shape index (κ3) is 5.34. The number of carbonyl (C=O) groups is 2. The van der Waals surface area contributed by atoms with Crippen molar-refractivity contribution in [1.82, 2.24) is 20.1 Å². The molecule has 0 spiro atoms. The van der Waals surface area contributed by atoms with Crippen LogP contribution in [0.4, 0.5) is 10.6 Å². The van der Waals surface area contributed by atoms with Crippen LogP contribution in [0.25, 0.3) is 0 Å². The number of carbonyl (C=O) groups excluding carboxylic acids is 2. The molecule has 8 nitrogen and oxygen atoms in total. The topological polar surface area (TPSA) is 78.0 Å². The van der Waals surface area contributed by atoms with E-state index in [0.717, 1.165) is 50.4 Å². The number of anilines is 1. The first-order valence-corrected chi connectivity index (χ1v) is 10.1. The number of hydrogen-bond donors (Lipinski definition) is 1. The fraction of sp³-hybridized carbons (Fsp3) is 0.650. The number of urea groups is 1. The second-order valence-electron chi connectivity index (χ2n) is 7.51. The number of nitrogens with zero attached hydrogens (tertiary/aromatic N) is 4. The molecule has 1 N–H and O–H groups in total. The lowest BCUT2D eigenvalue weighted by Gasteiger charge is -2.33. The fourth-order valence-electron chi connectivity index (χ4n) is 3.68. The molecule has 3 rings (SSSR count). The number of ether oxygens (including phenoxy) is 1. The summed E-state index contributed by atoms with van der Waals surface area (Å²) in [7, 11) is 2.13. The molecule has 1 aromatic rings. The van der Waals surface area contributed by atoms with E-state index in [1.54, 1.807) is 18.0 Å². The van der Waals surface area contributed by atoms with E-state index in [0.29, 0.717) is 26.2 Å². The van der Waals surface area contributed by atoms with Crippen LogP contribution in [0, 0.1) is 5.92 Å². The normalized spacial score (nSPS) is 20.7. The number of amides is 2. The van der Waals surface area contributed by atoms with Crippen LogP contribution in [-0.4, -0.2) is 79.7 Å². The van der Waals surface area contributed by atoms with Crippen LogP contribution >= 0.6 is 0 Å². The maximum absolute atomic E-state index is 12.6. The second kappa shape index (κ2) is 9.73. The van der Waals surface area contributed by atoms with Crippen molar-refractivity contribution in [1.29, 1.82) is 0 Å². The van der Waals surface area contributed by atoms with E-state index in [4.69, 9.17) is 4.74 Å². The van der Waals surface area contributed by atoms with Gasteiger partial charge in [-0.05, 0) is 44.5 Å². The number of likely N-dealkylation sites (tertiary alicyclic amines) is 1. The number of esters is 1. The molecule has 2 saturated heterocycles. The van der Waals surface area contributed by atoms with Crippen molar-refractivity contribution in [2.45, 2.75) is 26.3 Å². The average Bonchev–Trinajstić information content (AvgIpc) is 2.73. The maximum atomic E-state index is 12.6. The first-order valence-electron chi connectivity index (χ1n) is 10.1. The van der Waals surface area contributed by atoms with E-state index in [1.165, 1.54) is 0 Å². The molecule has 0 saturated carbocycles. The highest BCUT2D eigenvalue weighted by Gasteiger charge is 2.29. The summed E-state index contributed by atoms with van der Waals surface area (Å²) in [6.45, 7) is 7.69. The Hall–Kier alpha value is -2.35. The van der Waals surface area contributed by atoms with Gasteiger partial charge in [-0.15, -0.1) is 0 Å². The molecule has 8 heteroatoms. The monoisotopic (exact) mass is 389 g/mol. The van der Waals surface area contributed by atoms with Crippen molar-refractivity contribution < 1.29 is 14.3 Å². The maximum Gasteiger partial charge on any atom is 0.317 e. The SMILES string of the molecule is CCOC(=O)C1CCCN(C(=O)NCc2ccnc(N3CCN(C)CC3)c2)C1. The summed E-state index contributed by atoms with van der Waals surface area (Å²) in [5.41, 5.74) is 1.02. The third-order valence-corrected chi connectivity index (χ3v) is 5.41. The van der Waals surface area contributed by atoms with E-state index in [2.05, 4.69) is 27.1 Å². The molecule has 1 aromatic heterocycles. The van der Waals surface area contributed by atoms with E-state index in [1.807, 2.05) is 12.1 Å². The molecule has 0 aliphatic carbocycles. The van der Waals surface area contributed by atoms with Crippen LogP contribution in [-0.2, 0) is 16.1 Å². The van der Waals surface area contributed by atoms with Gasteiger partial charge in [0.25, 0.3) is 0 Å². The number of hydrogen-bond acceptors (Lipinski definition) is 6. The average molecular weight is 390 g/mol. The van der Waals surface area contributed by atoms with Gasteiger partial charge < -0.3 is 24.8 Å². The van der Waals surface area contributed by atoms with E-state index < -0.39 is 0 Å². The lowest BCUT2D eigenvalue weighted by Crippen LogP contribution is -2.47. The van der Waals surface area contributed by atoms with E-state index >= 15 is 0 Å². The standard InChI is InChI=1S/C20H31N5O3/c1-3-28-19(26)17-5-4-8-25(15-17)20(27)22-14-16-6-7-21-18(13-16)24-11-9-23(2)10-12-24/h6-7,13,17H,3-5,8-12,14-15H2,1-2H3,(H,22,27). The van der Waals surface area contributed by atoms with Gasteiger partial charge >= 0.3 is 12.0 Å². The van der Waals surface area contributed by atoms with Gasteiger partial charge in [0.15, 0.2) is 0 Å². The summed E-state index contributed by atoms with van der Waals surface area (Å²) in [5.74, 6) is 0.537. The van der Waals surface area contributed by atoms with Gasteiger partial charge in [-0.3, -0.25) is 4.79 Å². The Labute approximate surface area is 166 Å². The van der Waals surface area contributed by atoms with Crippen molar-refractivity contribution in [3.8, 4) is 0 Å². The molecule has 3 heterocycles. The molecule has 2 amide bonds. The third-order valence-electron chi connectivity index (χ3n) is 5.41. The highest BCUT2D eigenvalue weighted by Crippen LogP contribution is 2.18. The molecule has 154 valence electrons. The molecular formula is C20H31N5O3. The number of nitrogens with one attached hydrogen (secondary N) is 1. The van der Waals surface area contributed by atoms with E-state index in [9.17, 15) is 9.59 Å². The van der Waals surface area contributed by atoms with Crippen LogP contribution in [0.1, 0.15) is 25.3 Å². The van der Waals surface area contributed by atoms with Crippen LogP contribution in [0.15, 0.2) is 18.3 Å². The zero-order valence-electron chi connectivity index (χ0n) is 16.9. The molecule has 2 aliphatic rings. The number of pyridine rings is 1. The fourth-order valence-corrected chi connectivity index (χ4v) is 3.68. The molecule has 1 atom stereocenters. The largest absolute Gasteiger partial charge is 0.466 e. The van der Waals surface area contributed by atoms with Crippen LogP contribution < -0.4 is 10.2 Å². The summed E-state index contributed by atoms with van der Waals surface area (Å²) < 4.78 is 5.10. The van der Waals surface area contributed by atoms with Crippen LogP contribution in [0.3, 0.4) is 0 Å². The van der Waals surface area contributed by atoms with Crippen LogP contribution in [0.2, 0.25) is 0 Å². The van der Waals surface area contributed by atoms with Gasteiger partial charge in [-0.25, -0.2) is 9.78 Å². The predicted molar refractivity (Wildman–Crippen MR) is 107 cm³/mol. The summed E-state index contributed by atoms with van der Waals surface area (Å²) in [4.78, 5) is 35.3. The Morgan fingerprint density at radius 2 is 2.04 bits per heavy atom. The number of piperazine rings is 1. The first-order chi connectivity index (χ1) is 13.6. The molecular weight excluding hydrogens is 358 g/mol. The molecule has 2 aliphatic heterocycles. The number of rotatable bonds is 5. The van der Waals surface area contributed by atoms with Gasteiger partial charge in [-0.2, -0.15) is 0 Å². The quantitative estimate of drug-likeness (QED) is 0.766. The highest BCUT2D eigenvalue weighted by atomic mass is 16.5.